The van der Waals surface area contributed by atoms with Crippen LogP contribution in [0.4, 0.5) is 0 Å². The fourth-order valence-electron chi connectivity index (χ4n) is 3.39. The Morgan fingerprint density at radius 1 is 0.933 bits per heavy atom. The molecule has 0 saturated carbocycles. The van der Waals surface area contributed by atoms with Crippen LogP contribution in [0.5, 0.6) is 0 Å². The van der Waals surface area contributed by atoms with Gasteiger partial charge in [-0.2, -0.15) is 0 Å². The van der Waals surface area contributed by atoms with Crippen LogP contribution in [0, 0.1) is 0 Å². The lowest BCUT2D eigenvalue weighted by atomic mass is 9.98. The molecular weight excluding hydrogens is 398 g/mol. The van der Waals surface area contributed by atoms with E-state index < -0.39 is 11.1 Å². The van der Waals surface area contributed by atoms with E-state index in [1.165, 1.54) is 12.3 Å². The third-order valence-corrected chi connectivity index (χ3v) is 5.22. The number of pyridine rings is 1. The zero-order chi connectivity index (χ0) is 20.9. The molecule has 0 aliphatic carbocycles. The van der Waals surface area contributed by atoms with Gasteiger partial charge in [-0.1, -0.05) is 60.7 Å². The van der Waals surface area contributed by atoms with Crippen LogP contribution >= 0.6 is 0 Å². The monoisotopic (exact) mass is 417 g/mol. The molecule has 4 rings (SSSR count). The Kier molecular flexibility index (Phi) is 5.92. The molecule has 0 saturated heterocycles. The van der Waals surface area contributed by atoms with E-state index in [1.807, 2.05) is 66.7 Å². The van der Waals surface area contributed by atoms with E-state index in [-0.39, 0.29) is 23.2 Å². The Bertz CT molecular complexity index is 1190. The average Bonchev–Trinajstić information content (AvgIpc) is 2.76. The quantitative estimate of drug-likeness (QED) is 0.484. The molecule has 30 heavy (non-hydrogen) atoms. The van der Waals surface area contributed by atoms with Gasteiger partial charge in [-0.3, -0.25) is 4.79 Å². The molecule has 0 amide bonds. The van der Waals surface area contributed by atoms with Gasteiger partial charge in [0, 0.05) is 24.0 Å². The lowest BCUT2D eigenvalue weighted by Gasteiger charge is -2.21. The molecule has 0 radical (unpaired) electrons. The van der Waals surface area contributed by atoms with E-state index in [9.17, 15) is 9.00 Å². The van der Waals surface area contributed by atoms with Gasteiger partial charge >= 0.3 is 0 Å². The molecular formula is C23H19N3O3S. The van der Waals surface area contributed by atoms with Crippen LogP contribution in [0.15, 0.2) is 96.1 Å². The Labute approximate surface area is 176 Å². The second kappa shape index (κ2) is 8.94. The van der Waals surface area contributed by atoms with Crippen molar-refractivity contribution in [3.05, 3.63) is 119 Å². The van der Waals surface area contributed by atoms with Gasteiger partial charge in [0.1, 0.15) is 11.6 Å². The van der Waals surface area contributed by atoms with Crippen molar-refractivity contribution in [3.8, 4) is 11.3 Å². The molecule has 0 aliphatic heterocycles. The number of rotatable bonds is 6. The first-order valence-electron chi connectivity index (χ1n) is 9.33. The molecule has 0 bridgehead atoms. The van der Waals surface area contributed by atoms with Crippen LogP contribution in [-0.4, -0.2) is 23.3 Å². The summed E-state index contributed by atoms with van der Waals surface area (Å²) in [6, 6.07) is 24.5. The molecule has 1 atom stereocenters. The van der Waals surface area contributed by atoms with Crippen LogP contribution in [0.1, 0.15) is 23.0 Å². The van der Waals surface area contributed by atoms with Gasteiger partial charge in [-0.25, -0.2) is 14.2 Å². The fraction of sp³-hybridized carbons (Fsp3) is 0.0870. The summed E-state index contributed by atoms with van der Waals surface area (Å²) in [4.78, 5) is 21.4. The van der Waals surface area contributed by atoms with Crippen molar-refractivity contribution in [2.75, 3.05) is 0 Å². The molecule has 2 heterocycles. The molecule has 0 fully saturated rings. The molecule has 0 spiro atoms. The van der Waals surface area contributed by atoms with E-state index in [0.717, 1.165) is 11.1 Å². The molecule has 2 aromatic carbocycles. The Hall–Kier alpha value is -3.42. The lowest BCUT2D eigenvalue weighted by molar-refractivity contribution is 0.562. The van der Waals surface area contributed by atoms with E-state index in [1.54, 1.807) is 16.8 Å². The van der Waals surface area contributed by atoms with Crippen LogP contribution in [0.3, 0.4) is 0 Å². The van der Waals surface area contributed by atoms with Gasteiger partial charge in [0.05, 0.1) is 11.7 Å². The Balaban J connectivity index is 1.76. The molecule has 150 valence electrons. The predicted octanol–water partition coefficient (Wildman–Crippen LogP) is 3.66. The number of hydrogen-bond acceptors (Lipinski definition) is 4. The maximum Gasteiger partial charge on any atom is 0.252 e. The SMILES string of the molecule is O=c1cc(-c2ccnc(CS(=O)O)n2)ccn1C(c1ccccc1)c1ccccc1. The smallest absolute Gasteiger partial charge is 0.252 e. The standard InChI is InChI=1S/C23H19N3O3S/c27-22-15-19(20-11-13-24-21(25-20)16-30(28)29)12-14-26(22)23(17-7-3-1-4-8-17)18-9-5-2-6-10-18/h1-15,23H,16H2,(H,28,29). The lowest BCUT2D eigenvalue weighted by Crippen LogP contribution is -2.25. The van der Waals surface area contributed by atoms with Crippen molar-refractivity contribution in [2.45, 2.75) is 11.8 Å². The van der Waals surface area contributed by atoms with Gasteiger partial charge in [0.25, 0.3) is 5.56 Å². The van der Waals surface area contributed by atoms with Crippen molar-refractivity contribution >= 4 is 11.1 Å². The normalized spacial score (nSPS) is 12.1. The molecule has 2 aromatic heterocycles. The summed E-state index contributed by atoms with van der Waals surface area (Å²) >= 11 is -2.03. The number of aromatic nitrogens is 3. The van der Waals surface area contributed by atoms with E-state index >= 15 is 0 Å². The maximum atomic E-state index is 13.1. The van der Waals surface area contributed by atoms with Crippen molar-refractivity contribution in [2.24, 2.45) is 0 Å². The number of benzene rings is 2. The van der Waals surface area contributed by atoms with Gasteiger partial charge in [0.15, 0.2) is 11.1 Å². The maximum absolute atomic E-state index is 13.1. The summed E-state index contributed by atoms with van der Waals surface area (Å²) in [6.07, 6.45) is 3.28. The zero-order valence-electron chi connectivity index (χ0n) is 16.0. The highest BCUT2D eigenvalue weighted by molar-refractivity contribution is 7.78. The third kappa shape index (κ3) is 4.42. The van der Waals surface area contributed by atoms with Crippen LogP contribution in [0.2, 0.25) is 0 Å². The van der Waals surface area contributed by atoms with Crippen molar-refractivity contribution in [1.82, 2.24) is 14.5 Å². The summed E-state index contributed by atoms with van der Waals surface area (Å²) in [5.74, 6) is 0.0959. The summed E-state index contributed by atoms with van der Waals surface area (Å²) < 4.78 is 21.8. The molecule has 1 N–H and O–H groups in total. The highest BCUT2D eigenvalue weighted by Crippen LogP contribution is 2.26. The minimum atomic E-state index is -2.03. The number of nitrogens with zero attached hydrogens (tertiary/aromatic N) is 3. The summed E-state index contributed by atoms with van der Waals surface area (Å²) in [5.41, 5.74) is 3.01. The Morgan fingerprint density at radius 3 is 2.13 bits per heavy atom. The first-order chi connectivity index (χ1) is 14.6. The second-order valence-corrected chi connectivity index (χ2v) is 7.64. The number of hydrogen-bond donors (Lipinski definition) is 1. The van der Waals surface area contributed by atoms with E-state index in [4.69, 9.17) is 4.55 Å². The van der Waals surface area contributed by atoms with Crippen LogP contribution in [-0.2, 0) is 16.8 Å². The fourth-order valence-corrected chi connectivity index (χ4v) is 3.75. The van der Waals surface area contributed by atoms with Gasteiger partial charge in [-0.05, 0) is 23.3 Å². The van der Waals surface area contributed by atoms with Crippen LogP contribution < -0.4 is 5.56 Å². The molecule has 0 aliphatic rings. The minimum Gasteiger partial charge on any atom is -0.306 e. The van der Waals surface area contributed by atoms with Crippen molar-refractivity contribution < 1.29 is 8.76 Å². The Morgan fingerprint density at radius 2 is 1.57 bits per heavy atom. The largest absolute Gasteiger partial charge is 0.306 e. The van der Waals surface area contributed by atoms with Gasteiger partial charge < -0.3 is 9.12 Å². The highest BCUT2D eigenvalue weighted by atomic mass is 32.2. The van der Waals surface area contributed by atoms with Crippen molar-refractivity contribution in [1.29, 1.82) is 0 Å². The van der Waals surface area contributed by atoms with Gasteiger partial charge in [-0.15, -0.1) is 0 Å². The summed E-state index contributed by atoms with van der Waals surface area (Å²) in [5, 5.41) is 0. The molecule has 4 aromatic rings. The predicted molar refractivity (Wildman–Crippen MR) is 116 cm³/mol. The topological polar surface area (TPSA) is 85.1 Å². The zero-order valence-corrected chi connectivity index (χ0v) is 16.8. The first-order valence-corrected chi connectivity index (χ1v) is 10.6. The minimum absolute atomic E-state index is 0.158. The van der Waals surface area contributed by atoms with E-state index in [2.05, 4.69) is 9.97 Å². The summed E-state index contributed by atoms with van der Waals surface area (Å²) in [7, 11) is 0. The average molecular weight is 417 g/mol. The highest BCUT2D eigenvalue weighted by Gasteiger charge is 2.17. The first kappa shape index (κ1) is 19.9. The third-order valence-electron chi connectivity index (χ3n) is 4.71. The molecule has 6 nitrogen and oxygen atoms in total. The van der Waals surface area contributed by atoms with Crippen LogP contribution in [0.25, 0.3) is 11.3 Å². The summed E-state index contributed by atoms with van der Waals surface area (Å²) in [6.45, 7) is 0. The second-order valence-electron chi connectivity index (χ2n) is 6.71. The molecule has 1 unspecified atom stereocenters. The van der Waals surface area contributed by atoms with Crippen molar-refractivity contribution in [3.63, 3.8) is 0 Å². The van der Waals surface area contributed by atoms with E-state index in [0.29, 0.717) is 11.3 Å². The van der Waals surface area contributed by atoms with Gasteiger partial charge in [0.2, 0.25) is 0 Å². The molecule has 7 heteroatoms.